The second-order valence-corrected chi connectivity index (χ2v) is 7.92. The molecule has 4 nitrogen and oxygen atoms in total. The highest BCUT2D eigenvalue weighted by molar-refractivity contribution is 6.35. The predicted molar refractivity (Wildman–Crippen MR) is 116 cm³/mol. The van der Waals surface area contributed by atoms with Crippen LogP contribution in [0.1, 0.15) is 43.2 Å². The van der Waals surface area contributed by atoms with Crippen LogP contribution in [0, 0.1) is 11.3 Å². The maximum absolute atomic E-state index is 12.4. The molecule has 0 aromatic heterocycles. The largest absolute Gasteiger partial charge is 0.489 e. The zero-order chi connectivity index (χ0) is 20.6. The van der Waals surface area contributed by atoms with Crippen LogP contribution in [0.25, 0.3) is 6.08 Å². The smallest absolute Gasteiger partial charge is 0.262 e. The summed E-state index contributed by atoms with van der Waals surface area (Å²) in [7, 11) is 0. The monoisotopic (exact) mass is 428 g/mol. The van der Waals surface area contributed by atoms with Gasteiger partial charge in [0.2, 0.25) is 0 Å². The minimum absolute atomic E-state index is 0.109. The van der Waals surface area contributed by atoms with Crippen LogP contribution >= 0.6 is 23.2 Å². The van der Waals surface area contributed by atoms with Crippen LogP contribution < -0.4 is 10.1 Å². The molecule has 3 rings (SSSR count). The summed E-state index contributed by atoms with van der Waals surface area (Å²) in [5.74, 6) is 0.357. The van der Waals surface area contributed by atoms with Gasteiger partial charge in [0.1, 0.15) is 24.0 Å². The van der Waals surface area contributed by atoms with Crippen molar-refractivity contribution in [3.05, 3.63) is 69.2 Å². The molecule has 6 heteroatoms. The molecule has 0 atom stereocenters. The Balaban J connectivity index is 1.60. The second kappa shape index (κ2) is 10.3. The van der Waals surface area contributed by atoms with Gasteiger partial charge in [-0.3, -0.25) is 4.79 Å². The number of nitrogens with zero attached hydrogens (tertiary/aromatic N) is 1. The number of hydrogen-bond donors (Lipinski definition) is 1. The third kappa shape index (κ3) is 6.25. The highest BCUT2D eigenvalue weighted by Gasteiger charge is 2.18. The Bertz CT molecular complexity index is 927. The molecule has 1 saturated carbocycles. The van der Waals surface area contributed by atoms with Crippen LogP contribution in [0.15, 0.2) is 48.0 Å². The van der Waals surface area contributed by atoms with E-state index in [1.165, 1.54) is 6.42 Å². The number of benzene rings is 2. The summed E-state index contributed by atoms with van der Waals surface area (Å²) in [5, 5.41) is 13.5. The summed E-state index contributed by atoms with van der Waals surface area (Å²) in [4.78, 5) is 12.4. The molecule has 29 heavy (non-hydrogen) atoms. The Morgan fingerprint density at radius 1 is 1.14 bits per heavy atom. The standard InChI is InChI=1S/C23H22Cl2N2O2/c24-19-9-8-17(22(25)13-19)15-29-21-10-6-16(7-11-21)12-18(14-26)23(28)27-20-4-2-1-3-5-20/h6-13,20H,1-5,15H2,(H,27,28)/b18-12+. The molecule has 1 aliphatic carbocycles. The lowest BCUT2D eigenvalue weighted by Crippen LogP contribution is -2.36. The van der Waals surface area contributed by atoms with E-state index < -0.39 is 0 Å². The van der Waals surface area contributed by atoms with Crippen LogP contribution in [0.2, 0.25) is 10.0 Å². The van der Waals surface area contributed by atoms with Crippen molar-refractivity contribution in [2.24, 2.45) is 0 Å². The Hall–Kier alpha value is -2.48. The topological polar surface area (TPSA) is 62.1 Å². The molecule has 0 spiro atoms. The number of nitriles is 1. The van der Waals surface area contributed by atoms with Gasteiger partial charge in [-0.05, 0) is 48.7 Å². The molecule has 0 aliphatic heterocycles. The molecule has 0 saturated heterocycles. The maximum atomic E-state index is 12.4. The summed E-state index contributed by atoms with van der Waals surface area (Å²) in [6.45, 7) is 0.318. The SMILES string of the molecule is N#C/C(=C\c1ccc(OCc2ccc(Cl)cc2Cl)cc1)C(=O)NC1CCCCC1. The third-order valence-electron chi connectivity index (χ3n) is 4.91. The predicted octanol–water partition coefficient (Wildman–Crippen LogP) is 5.93. The van der Waals surface area contributed by atoms with Crippen molar-refractivity contribution in [2.45, 2.75) is 44.8 Å². The fourth-order valence-corrected chi connectivity index (χ4v) is 3.75. The van der Waals surface area contributed by atoms with Crippen molar-refractivity contribution < 1.29 is 9.53 Å². The van der Waals surface area contributed by atoms with Gasteiger partial charge in [-0.25, -0.2) is 0 Å². The van der Waals surface area contributed by atoms with Gasteiger partial charge >= 0.3 is 0 Å². The summed E-state index contributed by atoms with van der Waals surface area (Å²) >= 11 is 12.1. The lowest BCUT2D eigenvalue weighted by molar-refractivity contribution is -0.117. The first kappa shape index (κ1) is 21.2. The number of halogens is 2. The number of nitrogens with one attached hydrogen (secondary N) is 1. The van der Waals surface area contributed by atoms with Gasteiger partial charge < -0.3 is 10.1 Å². The quantitative estimate of drug-likeness (QED) is 0.458. The average molecular weight is 429 g/mol. The average Bonchev–Trinajstić information content (AvgIpc) is 2.73. The third-order valence-corrected chi connectivity index (χ3v) is 5.49. The van der Waals surface area contributed by atoms with Crippen molar-refractivity contribution in [1.82, 2.24) is 5.32 Å². The highest BCUT2D eigenvalue weighted by atomic mass is 35.5. The van der Waals surface area contributed by atoms with E-state index in [0.29, 0.717) is 22.4 Å². The number of hydrogen-bond acceptors (Lipinski definition) is 3. The first-order valence-corrected chi connectivity index (χ1v) is 10.4. The Morgan fingerprint density at radius 3 is 2.52 bits per heavy atom. The van der Waals surface area contributed by atoms with Gasteiger partial charge in [-0.15, -0.1) is 0 Å². The van der Waals surface area contributed by atoms with E-state index in [1.807, 2.05) is 24.3 Å². The molecular weight excluding hydrogens is 407 g/mol. The van der Waals surface area contributed by atoms with Crippen molar-refractivity contribution in [3.8, 4) is 11.8 Å². The van der Waals surface area contributed by atoms with E-state index in [1.54, 1.807) is 30.3 Å². The van der Waals surface area contributed by atoms with E-state index in [4.69, 9.17) is 27.9 Å². The van der Waals surface area contributed by atoms with Crippen LogP contribution in [0.3, 0.4) is 0 Å². The van der Waals surface area contributed by atoms with Crippen LogP contribution in [0.5, 0.6) is 5.75 Å². The van der Waals surface area contributed by atoms with Gasteiger partial charge in [-0.2, -0.15) is 5.26 Å². The maximum Gasteiger partial charge on any atom is 0.262 e. The summed E-state index contributed by atoms with van der Waals surface area (Å²) in [6, 6.07) is 14.7. The van der Waals surface area contributed by atoms with Gasteiger partial charge in [0.25, 0.3) is 5.91 Å². The van der Waals surface area contributed by atoms with Crippen molar-refractivity contribution in [1.29, 1.82) is 5.26 Å². The van der Waals surface area contributed by atoms with Crippen molar-refractivity contribution in [3.63, 3.8) is 0 Å². The molecule has 0 heterocycles. The molecule has 1 N–H and O–H groups in total. The number of carbonyl (C=O) groups is 1. The Labute approximate surface area is 181 Å². The second-order valence-electron chi connectivity index (χ2n) is 7.07. The fourth-order valence-electron chi connectivity index (χ4n) is 3.29. The van der Waals surface area contributed by atoms with Gasteiger partial charge in [0, 0.05) is 21.7 Å². The first-order valence-electron chi connectivity index (χ1n) is 9.64. The Kier molecular flexibility index (Phi) is 7.57. The van der Waals surface area contributed by atoms with Gasteiger partial charge in [0.05, 0.1) is 0 Å². The lowest BCUT2D eigenvalue weighted by atomic mass is 9.95. The highest BCUT2D eigenvalue weighted by Crippen LogP contribution is 2.23. The van der Waals surface area contributed by atoms with Gasteiger partial charge in [0.15, 0.2) is 0 Å². The molecule has 0 bridgehead atoms. The van der Waals surface area contributed by atoms with Crippen molar-refractivity contribution >= 4 is 35.2 Å². The number of carbonyl (C=O) groups excluding carboxylic acids is 1. The molecular formula is C23H22Cl2N2O2. The molecule has 150 valence electrons. The lowest BCUT2D eigenvalue weighted by Gasteiger charge is -2.22. The molecule has 1 amide bonds. The normalized spacial score (nSPS) is 14.9. The molecule has 2 aromatic rings. The van der Waals surface area contributed by atoms with E-state index in [9.17, 15) is 10.1 Å². The van der Waals surface area contributed by atoms with Crippen molar-refractivity contribution in [2.75, 3.05) is 0 Å². The number of amides is 1. The number of rotatable bonds is 6. The summed E-state index contributed by atoms with van der Waals surface area (Å²) < 4.78 is 5.75. The fraction of sp³-hybridized carbons (Fsp3) is 0.304. The minimum Gasteiger partial charge on any atom is -0.489 e. The summed E-state index contributed by atoms with van der Waals surface area (Å²) in [6.07, 6.45) is 7.02. The molecule has 2 aromatic carbocycles. The Morgan fingerprint density at radius 2 is 1.86 bits per heavy atom. The molecule has 0 unspecified atom stereocenters. The van der Waals surface area contributed by atoms with E-state index in [2.05, 4.69) is 5.32 Å². The van der Waals surface area contributed by atoms with E-state index in [-0.39, 0.29) is 17.5 Å². The van der Waals surface area contributed by atoms with E-state index >= 15 is 0 Å². The van der Waals surface area contributed by atoms with Crippen LogP contribution in [-0.2, 0) is 11.4 Å². The van der Waals surface area contributed by atoms with Crippen LogP contribution in [0.4, 0.5) is 0 Å². The molecule has 1 aliphatic rings. The number of ether oxygens (including phenoxy) is 1. The van der Waals surface area contributed by atoms with E-state index in [0.717, 1.165) is 36.8 Å². The summed E-state index contributed by atoms with van der Waals surface area (Å²) in [5.41, 5.74) is 1.71. The minimum atomic E-state index is -0.308. The molecule has 0 radical (unpaired) electrons. The van der Waals surface area contributed by atoms with Gasteiger partial charge in [-0.1, -0.05) is 60.7 Å². The molecule has 1 fully saturated rings. The van der Waals surface area contributed by atoms with Crippen LogP contribution in [-0.4, -0.2) is 11.9 Å². The zero-order valence-corrected chi connectivity index (χ0v) is 17.5. The zero-order valence-electron chi connectivity index (χ0n) is 16.0. The first-order chi connectivity index (χ1) is 14.0.